The van der Waals surface area contributed by atoms with Crippen LogP contribution in [0.2, 0.25) is 0 Å². The van der Waals surface area contributed by atoms with E-state index in [2.05, 4.69) is 4.99 Å². The topological polar surface area (TPSA) is 241 Å². The molecular formula is C36H36N2O13. The summed E-state index contributed by atoms with van der Waals surface area (Å²) in [7, 11) is 0. The Kier molecular flexibility index (Phi) is 10.2. The highest BCUT2D eigenvalue weighted by Crippen LogP contribution is 2.51. The second-order valence-electron chi connectivity index (χ2n) is 12.0. The number of benzene rings is 3. The number of aliphatic carboxylic acids is 1. The number of allylic oxidation sites excluding steroid dienone is 1. The Morgan fingerprint density at radius 3 is 2.37 bits per heavy atom. The SMILES string of the molecule is CCc1cc(O)cc(COc2c(O[C@@H]3O[C@H](C(=O)O)[C@@H](O)[C@@H](O)[C@H]3O)cc3c(c2O)C(O)=CC(c2ccc(OCCC4=NC(=N)C=C4)cc2)O3)c1. The van der Waals surface area contributed by atoms with Gasteiger partial charge in [0.25, 0.3) is 0 Å². The predicted octanol–water partition coefficient (Wildman–Crippen LogP) is 3.30. The molecule has 3 heterocycles. The lowest BCUT2D eigenvalue weighted by Gasteiger charge is -2.38. The van der Waals surface area contributed by atoms with E-state index >= 15 is 0 Å². The zero-order valence-electron chi connectivity index (χ0n) is 27.2. The second kappa shape index (κ2) is 14.7. The molecule has 0 radical (unpaired) electrons. The van der Waals surface area contributed by atoms with Crippen LogP contribution in [0.3, 0.4) is 0 Å². The number of phenolic OH excluding ortho intramolecular Hbond substituents is 2. The number of fused-ring (bicyclic) bond motifs is 1. The first-order valence-corrected chi connectivity index (χ1v) is 16.0. The van der Waals surface area contributed by atoms with Crippen molar-refractivity contribution in [1.29, 1.82) is 5.41 Å². The minimum atomic E-state index is -1.97. The van der Waals surface area contributed by atoms with Crippen LogP contribution in [0.25, 0.3) is 5.76 Å². The molecule has 8 N–H and O–H groups in total. The lowest BCUT2D eigenvalue weighted by Crippen LogP contribution is -2.61. The molecule has 3 aliphatic rings. The van der Waals surface area contributed by atoms with Crippen molar-refractivity contribution < 1.29 is 64.2 Å². The number of carboxylic acids is 1. The van der Waals surface area contributed by atoms with Gasteiger partial charge >= 0.3 is 5.97 Å². The molecular weight excluding hydrogens is 668 g/mol. The van der Waals surface area contributed by atoms with E-state index in [-0.39, 0.29) is 46.8 Å². The van der Waals surface area contributed by atoms with Gasteiger partial charge in [0.15, 0.2) is 17.6 Å². The van der Waals surface area contributed by atoms with Crippen LogP contribution >= 0.6 is 0 Å². The van der Waals surface area contributed by atoms with Crippen LogP contribution < -0.4 is 18.9 Å². The number of aliphatic hydroxyl groups is 4. The number of hydrogen-bond acceptors (Lipinski definition) is 13. The number of aryl methyl sites for hydroxylation is 1. The highest BCUT2D eigenvalue weighted by molar-refractivity contribution is 6.14. The first-order chi connectivity index (χ1) is 24.4. The van der Waals surface area contributed by atoms with Crippen molar-refractivity contribution in [2.45, 2.75) is 63.2 Å². The fraction of sp³-hybridized carbons (Fsp3) is 0.306. The van der Waals surface area contributed by atoms with Crippen LogP contribution in [0, 0.1) is 5.41 Å². The Balaban J connectivity index is 1.28. The molecule has 268 valence electrons. The highest BCUT2D eigenvalue weighted by Gasteiger charge is 2.48. The van der Waals surface area contributed by atoms with E-state index in [1.165, 1.54) is 18.2 Å². The van der Waals surface area contributed by atoms with Gasteiger partial charge in [0.2, 0.25) is 12.0 Å². The van der Waals surface area contributed by atoms with Gasteiger partial charge in [-0.1, -0.05) is 25.1 Å². The van der Waals surface area contributed by atoms with Crippen molar-refractivity contribution in [2.24, 2.45) is 4.99 Å². The Morgan fingerprint density at radius 2 is 1.69 bits per heavy atom. The molecule has 3 aromatic carbocycles. The number of phenols is 2. The standard InChI is InChI=1S/C36H36N2O13/c1-2-17-11-18(13-21(39)12-17)16-48-33-26(50-36-32(44)30(42)31(43)34(51-36)35(45)46)15-25-28(29(33)41)23(40)14-24(49-25)19-3-6-22(7-4-19)47-10-9-20-5-8-27(37)38-20/h3-8,11-15,24,30-32,34,36-37,39-44H,2,9-10,16H2,1H3,(H,45,46)/t24?,30-,31+,32-,34+,36-/m1/s1. The summed E-state index contributed by atoms with van der Waals surface area (Å²) in [5.41, 5.74) is 2.52. The van der Waals surface area contributed by atoms with Crippen molar-refractivity contribution in [3.05, 3.63) is 89.0 Å². The number of aromatic hydroxyl groups is 2. The average Bonchev–Trinajstić information content (AvgIpc) is 3.52. The number of amidine groups is 1. The Labute approximate surface area is 291 Å². The van der Waals surface area contributed by atoms with Gasteiger partial charge < -0.3 is 59.4 Å². The monoisotopic (exact) mass is 704 g/mol. The zero-order valence-corrected chi connectivity index (χ0v) is 27.2. The first kappa shape index (κ1) is 35.2. The zero-order chi connectivity index (χ0) is 36.4. The van der Waals surface area contributed by atoms with Crippen molar-refractivity contribution >= 4 is 23.3 Å². The lowest BCUT2D eigenvalue weighted by atomic mass is 9.99. The maximum atomic E-state index is 11.7. The number of rotatable bonds is 12. The van der Waals surface area contributed by atoms with Gasteiger partial charge in [-0.25, -0.2) is 9.79 Å². The van der Waals surface area contributed by atoms with E-state index in [9.17, 15) is 40.5 Å². The quantitative estimate of drug-likeness (QED) is 0.135. The van der Waals surface area contributed by atoms with E-state index in [0.29, 0.717) is 36.3 Å². The summed E-state index contributed by atoms with van der Waals surface area (Å²) >= 11 is 0. The number of nitrogens with one attached hydrogen (secondary N) is 1. The fourth-order valence-corrected chi connectivity index (χ4v) is 5.76. The Bertz CT molecular complexity index is 1910. The second-order valence-corrected chi connectivity index (χ2v) is 12.0. The number of aliphatic hydroxyl groups excluding tert-OH is 4. The summed E-state index contributed by atoms with van der Waals surface area (Å²) in [5.74, 6) is -2.65. The Hall–Kier alpha value is -5.61. The number of hydrogen-bond donors (Lipinski definition) is 8. The molecule has 0 aromatic heterocycles. The van der Waals surface area contributed by atoms with Gasteiger partial charge in [-0.15, -0.1) is 0 Å². The molecule has 15 nitrogen and oxygen atoms in total. The maximum Gasteiger partial charge on any atom is 0.335 e. The highest BCUT2D eigenvalue weighted by atomic mass is 16.7. The largest absolute Gasteiger partial charge is 0.508 e. The van der Waals surface area contributed by atoms with Gasteiger partial charge in [-0.05, 0) is 59.5 Å². The summed E-state index contributed by atoms with van der Waals surface area (Å²) in [6.07, 6.45) is -4.70. The molecule has 3 aromatic rings. The molecule has 0 bridgehead atoms. The van der Waals surface area contributed by atoms with Gasteiger partial charge in [-0.3, -0.25) is 5.41 Å². The van der Waals surface area contributed by atoms with Crippen molar-refractivity contribution in [2.75, 3.05) is 6.61 Å². The van der Waals surface area contributed by atoms with Crippen molar-refractivity contribution in [3.8, 4) is 34.5 Å². The minimum absolute atomic E-state index is 0.0108. The van der Waals surface area contributed by atoms with Crippen LogP contribution in [0.1, 0.15) is 41.7 Å². The van der Waals surface area contributed by atoms with Crippen LogP contribution in [-0.2, 0) is 22.6 Å². The number of nitrogens with zero attached hydrogens (tertiary/aromatic N) is 1. The van der Waals surface area contributed by atoms with E-state index < -0.39 is 48.5 Å². The van der Waals surface area contributed by atoms with E-state index in [4.69, 9.17) is 29.1 Å². The number of carbonyl (C=O) groups is 1. The van der Waals surface area contributed by atoms with Gasteiger partial charge in [0.1, 0.15) is 65.4 Å². The molecule has 1 fully saturated rings. The van der Waals surface area contributed by atoms with Crippen LogP contribution in [0.4, 0.5) is 0 Å². The normalized spacial score (nSPS) is 23.9. The summed E-state index contributed by atoms with van der Waals surface area (Å²) in [6, 6.07) is 12.9. The van der Waals surface area contributed by atoms with E-state index in [1.807, 2.05) is 6.92 Å². The minimum Gasteiger partial charge on any atom is -0.508 e. The number of carboxylic acid groups (broad SMARTS) is 1. The fourth-order valence-electron chi connectivity index (χ4n) is 5.76. The average molecular weight is 705 g/mol. The molecule has 15 heteroatoms. The van der Waals surface area contributed by atoms with Crippen LogP contribution in [0.5, 0.6) is 34.5 Å². The molecule has 0 aliphatic carbocycles. The van der Waals surface area contributed by atoms with Gasteiger partial charge in [0, 0.05) is 24.3 Å². The van der Waals surface area contributed by atoms with Crippen LogP contribution in [0.15, 0.2) is 71.8 Å². The van der Waals surface area contributed by atoms with Crippen LogP contribution in [-0.4, -0.2) is 90.6 Å². The molecule has 3 aliphatic heterocycles. The first-order valence-electron chi connectivity index (χ1n) is 16.0. The molecule has 6 rings (SSSR count). The third-order valence-corrected chi connectivity index (χ3v) is 8.42. The van der Waals surface area contributed by atoms with E-state index in [0.717, 1.165) is 11.3 Å². The predicted molar refractivity (Wildman–Crippen MR) is 180 cm³/mol. The summed E-state index contributed by atoms with van der Waals surface area (Å²) in [4.78, 5) is 15.8. The summed E-state index contributed by atoms with van der Waals surface area (Å²) in [5, 5.41) is 80.9. The lowest BCUT2D eigenvalue weighted by molar-refractivity contribution is -0.271. The third-order valence-electron chi connectivity index (χ3n) is 8.42. The molecule has 6 atom stereocenters. The Morgan fingerprint density at radius 1 is 0.941 bits per heavy atom. The third kappa shape index (κ3) is 7.61. The summed E-state index contributed by atoms with van der Waals surface area (Å²) < 4.78 is 29.0. The van der Waals surface area contributed by atoms with Crippen molar-refractivity contribution in [1.82, 2.24) is 0 Å². The smallest absolute Gasteiger partial charge is 0.335 e. The molecule has 0 saturated carbocycles. The van der Waals surface area contributed by atoms with E-state index in [1.54, 1.807) is 48.6 Å². The molecule has 51 heavy (non-hydrogen) atoms. The maximum absolute atomic E-state index is 11.7. The number of ether oxygens (including phenoxy) is 5. The summed E-state index contributed by atoms with van der Waals surface area (Å²) in [6.45, 7) is 2.02. The van der Waals surface area contributed by atoms with Gasteiger partial charge in [0.05, 0.1) is 6.61 Å². The molecule has 1 saturated heterocycles. The van der Waals surface area contributed by atoms with Gasteiger partial charge in [-0.2, -0.15) is 0 Å². The number of aliphatic imine (C=N–C) groups is 1. The van der Waals surface area contributed by atoms with Crippen molar-refractivity contribution in [3.63, 3.8) is 0 Å². The molecule has 0 spiro atoms. The molecule has 1 unspecified atom stereocenters. The molecule has 0 amide bonds.